The molecule has 1 heterocycles. The van der Waals surface area contributed by atoms with Crippen LogP contribution in [0.3, 0.4) is 0 Å². The van der Waals surface area contributed by atoms with Crippen LogP contribution in [-0.4, -0.2) is 15.6 Å². The fourth-order valence-corrected chi connectivity index (χ4v) is 2.42. The second-order valence-corrected chi connectivity index (χ2v) is 5.54. The quantitative estimate of drug-likeness (QED) is 0.689. The minimum absolute atomic E-state index is 0.107. The van der Waals surface area contributed by atoms with Crippen LogP contribution in [-0.2, 0) is 7.05 Å². The Morgan fingerprint density at radius 2 is 1.92 bits per heavy atom. The maximum absolute atomic E-state index is 12.2. The Hall–Kier alpha value is -3.35. The number of hydrogen-bond donors (Lipinski definition) is 3. The second-order valence-electron chi connectivity index (χ2n) is 5.54. The van der Waals surface area contributed by atoms with Gasteiger partial charge in [-0.05, 0) is 42.8 Å². The molecule has 0 aliphatic carbocycles. The number of carbonyl (C=O) groups excluding carboxylic acids is 1. The van der Waals surface area contributed by atoms with Gasteiger partial charge < -0.3 is 20.9 Å². The van der Waals surface area contributed by atoms with Crippen LogP contribution in [0, 0.1) is 6.92 Å². The van der Waals surface area contributed by atoms with Gasteiger partial charge in [0, 0.05) is 24.1 Å². The molecule has 0 radical (unpaired) electrons. The predicted molar refractivity (Wildman–Crippen MR) is 94.7 cm³/mol. The number of aryl methyl sites for hydroxylation is 2. The van der Waals surface area contributed by atoms with E-state index in [4.69, 9.17) is 5.73 Å². The van der Waals surface area contributed by atoms with Crippen LogP contribution < -0.4 is 21.9 Å². The normalized spacial score (nSPS) is 10.6. The second kappa shape index (κ2) is 6.04. The van der Waals surface area contributed by atoms with Gasteiger partial charge in [-0.3, -0.25) is 4.79 Å². The predicted octanol–water partition coefficient (Wildman–Crippen LogP) is 2.48. The number of rotatable bonds is 3. The Kier molecular flexibility index (Phi) is 3.91. The molecule has 0 saturated heterocycles. The first-order chi connectivity index (χ1) is 11.4. The van der Waals surface area contributed by atoms with Crippen LogP contribution in [0.15, 0.2) is 47.5 Å². The summed E-state index contributed by atoms with van der Waals surface area (Å²) in [5.41, 5.74) is 8.82. The minimum Gasteiger partial charge on any atom is -0.355 e. The summed E-state index contributed by atoms with van der Waals surface area (Å²) < 4.78 is 1.44. The molecular weight excluding hydrogens is 306 g/mol. The lowest BCUT2D eigenvalue weighted by Gasteiger charge is -2.12. The third-order valence-electron chi connectivity index (χ3n) is 3.70. The molecule has 3 aromatic rings. The number of benzene rings is 2. The average molecular weight is 323 g/mol. The van der Waals surface area contributed by atoms with E-state index < -0.39 is 6.03 Å². The first-order valence-corrected chi connectivity index (χ1v) is 7.33. The van der Waals surface area contributed by atoms with E-state index in [1.807, 2.05) is 19.1 Å². The zero-order chi connectivity index (χ0) is 17.3. The van der Waals surface area contributed by atoms with Crippen LogP contribution in [0.25, 0.3) is 10.9 Å². The van der Waals surface area contributed by atoms with Gasteiger partial charge in [-0.1, -0.05) is 6.07 Å². The van der Waals surface area contributed by atoms with Crippen molar-refractivity contribution in [3.63, 3.8) is 0 Å². The molecule has 0 saturated carbocycles. The highest BCUT2D eigenvalue weighted by Crippen LogP contribution is 2.25. The van der Waals surface area contributed by atoms with E-state index >= 15 is 0 Å². The summed E-state index contributed by atoms with van der Waals surface area (Å²) in [6.45, 7) is 1.94. The number of aromatic nitrogens is 2. The molecule has 1 aromatic heterocycles. The van der Waals surface area contributed by atoms with Crippen LogP contribution >= 0.6 is 0 Å². The third-order valence-corrected chi connectivity index (χ3v) is 3.70. The number of urea groups is 1. The van der Waals surface area contributed by atoms with E-state index in [-0.39, 0.29) is 5.56 Å². The summed E-state index contributed by atoms with van der Waals surface area (Å²) in [6, 6.07) is 10.2. The number of nitrogens with one attached hydrogen (secondary N) is 2. The molecule has 0 unspecified atom stereocenters. The minimum atomic E-state index is -0.620. The molecule has 0 bridgehead atoms. The fourth-order valence-electron chi connectivity index (χ4n) is 2.42. The standard InChI is InChI=1S/C17H17N5O2/c1-10-3-4-12(21-17(18)24)8-15(10)20-11-5-6-14-13(7-11)16(23)22(2)9-19-14/h3-9,20H,1-2H3,(H3,18,21,24). The molecule has 0 aliphatic rings. The molecule has 122 valence electrons. The largest absolute Gasteiger partial charge is 0.355 e. The Balaban J connectivity index is 1.99. The van der Waals surface area contributed by atoms with Crippen LogP contribution in [0.2, 0.25) is 0 Å². The topological polar surface area (TPSA) is 102 Å². The average Bonchev–Trinajstić information content (AvgIpc) is 2.54. The van der Waals surface area contributed by atoms with Gasteiger partial charge in [0.05, 0.1) is 17.2 Å². The summed E-state index contributed by atoms with van der Waals surface area (Å²) >= 11 is 0. The van der Waals surface area contributed by atoms with Crippen LogP contribution in [0.1, 0.15) is 5.56 Å². The van der Waals surface area contributed by atoms with E-state index in [2.05, 4.69) is 15.6 Å². The highest BCUT2D eigenvalue weighted by molar-refractivity contribution is 5.89. The zero-order valence-electron chi connectivity index (χ0n) is 13.3. The van der Waals surface area contributed by atoms with Gasteiger partial charge in [-0.25, -0.2) is 9.78 Å². The molecular formula is C17H17N5O2. The van der Waals surface area contributed by atoms with Gasteiger partial charge in [0.25, 0.3) is 5.56 Å². The van der Waals surface area contributed by atoms with E-state index in [9.17, 15) is 9.59 Å². The summed E-state index contributed by atoms with van der Waals surface area (Å²) in [6.07, 6.45) is 1.50. The van der Waals surface area contributed by atoms with Crippen molar-refractivity contribution in [2.24, 2.45) is 12.8 Å². The molecule has 4 N–H and O–H groups in total. The maximum atomic E-state index is 12.2. The number of nitrogens with two attached hydrogens (primary N) is 1. The molecule has 7 heteroatoms. The summed E-state index contributed by atoms with van der Waals surface area (Å²) in [4.78, 5) is 27.4. The Morgan fingerprint density at radius 1 is 1.17 bits per heavy atom. The van der Waals surface area contributed by atoms with E-state index in [0.717, 1.165) is 16.9 Å². The fraction of sp³-hybridized carbons (Fsp3) is 0.118. The lowest BCUT2D eigenvalue weighted by atomic mass is 10.1. The zero-order valence-corrected chi connectivity index (χ0v) is 13.3. The van der Waals surface area contributed by atoms with Crippen LogP contribution in [0.5, 0.6) is 0 Å². The van der Waals surface area contributed by atoms with Crippen molar-refractivity contribution in [2.45, 2.75) is 6.92 Å². The van der Waals surface area contributed by atoms with Crippen molar-refractivity contribution >= 4 is 34.0 Å². The van der Waals surface area contributed by atoms with Crippen molar-refractivity contribution in [1.29, 1.82) is 0 Å². The molecule has 0 atom stereocenters. The van der Waals surface area contributed by atoms with E-state index in [0.29, 0.717) is 16.6 Å². The van der Waals surface area contributed by atoms with Gasteiger partial charge in [0.1, 0.15) is 0 Å². The van der Waals surface area contributed by atoms with Crippen LogP contribution in [0.4, 0.5) is 21.9 Å². The highest BCUT2D eigenvalue weighted by Gasteiger charge is 2.06. The molecule has 7 nitrogen and oxygen atoms in total. The summed E-state index contributed by atoms with van der Waals surface area (Å²) in [5.74, 6) is 0. The van der Waals surface area contributed by atoms with Gasteiger partial charge in [0.15, 0.2) is 0 Å². The summed E-state index contributed by atoms with van der Waals surface area (Å²) in [5, 5.41) is 6.33. The first-order valence-electron chi connectivity index (χ1n) is 7.33. The lowest BCUT2D eigenvalue weighted by molar-refractivity contribution is 0.259. The maximum Gasteiger partial charge on any atom is 0.316 e. The Bertz CT molecular complexity index is 994. The third kappa shape index (κ3) is 3.05. The van der Waals surface area contributed by atoms with E-state index in [1.165, 1.54) is 10.9 Å². The Morgan fingerprint density at radius 3 is 2.67 bits per heavy atom. The van der Waals surface area contributed by atoms with Gasteiger partial charge in [-0.2, -0.15) is 0 Å². The van der Waals surface area contributed by atoms with Gasteiger partial charge in [0.2, 0.25) is 0 Å². The highest BCUT2D eigenvalue weighted by atomic mass is 16.2. The molecule has 0 spiro atoms. The van der Waals surface area contributed by atoms with Crippen molar-refractivity contribution in [3.8, 4) is 0 Å². The SMILES string of the molecule is Cc1ccc(NC(N)=O)cc1Nc1ccc2ncn(C)c(=O)c2c1. The van der Waals surface area contributed by atoms with E-state index in [1.54, 1.807) is 31.3 Å². The van der Waals surface area contributed by atoms with Gasteiger partial charge in [-0.15, -0.1) is 0 Å². The number of anilines is 3. The smallest absolute Gasteiger partial charge is 0.316 e. The number of carbonyl (C=O) groups is 1. The Labute approximate surface area is 138 Å². The number of amides is 2. The van der Waals surface area contributed by atoms with Crippen molar-refractivity contribution < 1.29 is 4.79 Å². The molecule has 2 amide bonds. The molecule has 3 rings (SSSR count). The number of nitrogens with zero attached hydrogens (tertiary/aromatic N) is 2. The monoisotopic (exact) mass is 323 g/mol. The summed E-state index contributed by atoms with van der Waals surface area (Å²) in [7, 11) is 1.66. The van der Waals surface area contributed by atoms with Crippen molar-refractivity contribution in [1.82, 2.24) is 9.55 Å². The van der Waals surface area contributed by atoms with Crippen molar-refractivity contribution in [2.75, 3.05) is 10.6 Å². The molecule has 0 fully saturated rings. The lowest BCUT2D eigenvalue weighted by Crippen LogP contribution is -2.19. The van der Waals surface area contributed by atoms with Gasteiger partial charge >= 0.3 is 6.03 Å². The number of fused-ring (bicyclic) bond motifs is 1. The molecule has 2 aromatic carbocycles. The number of hydrogen-bond acceptors (Lipinski definition) is 4. The van der Waals surface area contributed by atoms with Crippen molar-refractivity contribution in [3.05, 3.63) is 58.6 Å². The molecule has 24 heavy (non-hydrogen) atoms. The number of primary amides is 1. The molecule has 0 aliphatic heterocycles. The first kappa shape index (κ1) is 15.5.